The molecule has 4 nitrogen and oxygen atoms in total. The minimum absolute atomic E-state index is 0.0484. The van der Waals surface area contributed by atoms with Crippen molar-refractivity contribution in [2.45, 2.75) is 57.7 Å². The zero-order valence-corrected chi connectivity index (χ0v) is 11.5. The van der Waals surface area contributed by atoms with Gasteiger partial charge < -0.3 is 20.5 Å². The predicted octanol–water partition coefficient (Wildman–Crippen LogP) is 0.976. The molecule has 3 N–H and O–H groups in total. The predicted molar refractivity (Wildman–Crippen MR) is 70.0 cm³/mol. The van der Waals surface area contributed by atoms with Crippen LogP contribution in [0.25, 0.3) is 0 Å². The van der Waals surface area contributed by atoms with E-state index in [2.05, 4.69) is 18.7 Å². The molecule has 1 heterocycles. The van der Waals surface area contributed by atoms with Crippen molar-refractivity contribution in [3.63, 3.8) is 0 Å². The van der Waals surface area contributed by atoms with Gasteiger partial charge >= 0.3 is 0 Å². The van der Waals surface area contributed by atoms with Crippen LogP contribution < -0.4 is 5.73 Å². The zero-order chi connectivity index (χ0) is 12.9. The second kappa shape index (κ2) is 6.69. The lowest BCUT2D eigenvalue weighted by atomic mass is 9.94. The molecule has 1 aliphatic rings. The largest absolute Gasteiger partial charge is 0.394 e. The normalized spacial score (nSPS) is 24.5. The first kappa shape index (κ1) is 14.9. The maximum Gasteiger partial charge on any atom is 0.0609 e. The summed E-state index contributed by atoms with van der Waals surface area (Å²) >= 11 is 0. The molecule has 2 unspecified atom stereocenters. The molecule has 0 aromatic rings. The monoisotopic (exact) mass is 244 g/mol. The molecule has 0 radical (unpaired) electrons. The molecule has 0 aromatic carbocycles. The van der Waals surface area contributed by atoms with E-state index < -0.39 is 5.54 Å². The summed E-state index contributed by atoms with van der Waals surface area (Å²) in [6, 6.07) is 0.430. The Labute approximate surface area is 105 Å². The van der Waals surface area contributed by atoms with E-state index in [9.17, 15) is 5.11 Å². The van der Waals surface area contributed by atoms with Crippen LogP contribution in [0.2, 0.25) is 0 Å². The smallest absolute Gasteiger partial charge is 0.0609 e. The average Bonchev–Trinajstić information content (AvgIpc) is 2.30. The number of rotatable bonds is 6. The second-order valence-electron chi connectivity index (χ2n) is 5.56. The highest BCUT2D eigenvalue weighted by molar-refractivity contribution is 4.85. The molecule has 1 aliphatic heterocycles. The summed E-state index contributed by atoms with van der Waals surface area (Å²) < 4.78 is 5.64. The number of nitrogens with two attached hydrogens (primary N) is 1. The van der Waals surface area contributed by atoms with Gasteiger partial charge in [0.1, 0.15) is 0 Å². The highest BCUT2D eigenvalue weighted by Crippen LogP contribution is 2.20. The minimum Gasteiger partial charge on any atom is -0.394 e. The van der Waals surface area contributed by atoms with Crippen molar-refractivity contribution >= 4 is 0 Å². The summed E-state index contributed by atoms with van der Waals surface area (Å²) in [4.78, 5) is 2.45. The van der Waals surface area contributed by atoms with Crippen molar-refractivity contribution in [2.75, 3.05) is 26.3 Å². The lowest BCUT2D eigenvalue weighted by Crippen LogP contribution is -2.49. The number of nitrogens with zero attached hydrogens (tertiary/aromatic N) is 1. The highest BCUT2D eigenvalue weighted by atomic mass is 16.5. The maximum atomic E-state index is 9.19. The first-order chi connectivity index (χ1) is 7.98. The molecule has 4 heteroatoms. The van der Waals surface area contributed by atoms with E-state index in [4.69, 9.17) is 10.5 Å². The molecule has 0 aromatic heterocycles. The van der Waals surface area contributed by atoms with Gasteiger partial charge in [-0.3, -0.25) is 0 Å². The number of ether oxygens (including phenoxy) is 1. The second-order valence-corrected chi connectivity index (χ2v) is 5.56. The van der Waals surface area contributed by atoms with Gasteiger partial charge in [-0.25, -0.2) is 0 Å². The summed E-state index contributed by atoms with van der Waals surface area (Å²) in [7, 11) is 0. The average molecular weight is 244 g/mol. The molecule has 0 bridgehead atoms. The Hall–Kier alpha value is -0.160. The van der Waals surface area contributed by atoms with Crippen LogP contribution in [-0.2, 0) is 4.74 Å². The SMILES string of the molecule is CCOC1CCN(C(C)CC(C)(N)CO)CC1. The van der Waals surface area contributed by atoms with Crippen LogP contribution in [0.15, 0.2) is 0 Å². The third kappa shape index (κ3) is 4.92. The van der Waals surface area contributed by atoms with E-state index in [0.717, 1.165) is 39.0 Å². The van der Waals surface area contributed by atoms with E-state index in [0.29, 0.717) is 12.1 Å². The van der Waals surface area contributed by atoms with Crippen molar-refractivity contribution < 1.29 is 9.84 Å². The van der Waals surface area contributed by atoms with E-state index in [1.807, 2.05) is 6.92 Å². The molecule has 1 rings (SSSR count). The van der Waals surface area contributed by atoms with Gasteiger partial charge in [0.15, 0.2) is 0 Å². The topological polar surface area (TPSA) is 58.7 Å². The third-order valence-electron chi connectivity index (χ3n) is 3.63. The van der Waals surface area contributed by atoms with Crippen molar-refractivity contribution in [1.82, 2.24) is 4.90 Å². The van der Waals surface area contributed by atoms with Gasteiger partial charge in [0, 0.05) is 31.3 Å². The number of hydrogen-bond donors (Lipinski definition) is 2. The fraction of sp³-hybridized carbons (Fsp3) is 1.00. The minimum atomic E-state index is -0.462. The first-order valence-electron chi connectivity index (χ1n) is 6.74. The van der Waals surface area contributed by atoms with Crippen molar-refractivity contribution in [3.8, 4) is 0 Å². The number of piperidine rings is 1. The van der Waals surface area contributed by atoms with Crippen molar-refractivity contribution in [1.29, 1.82) is 0 Å². The number of hydrogen-bond acceptors (Lipinski definition) is 4. The summed E-state index contributed by atoms with van der Waals surface area (Å²) in [5.74, 6) is 0. The Morgan fingerprint density at radius 3 is 2.53 bits per heavy atom. The summed E-state index contributed by atoms with van der Waals surface area (Å²) in [6.07, 6.45) is 3.49. The Kier molecular flexibility index (Phi) is 5.86. The molecule has 1 saturated heterocycles. The van der Waals surface area contributed by atoms with Crippen LogP contribution in [0.3, 0.4) is 0 Å². The molecule has 0 spiro atoms. The van der Waals surface area contributed by atoms with Gasteiger partial charge in [0.2, 0.25) is 0 Å². The zero-order valence-electron chi connectivity index (χ0n) is 11.5. The Morgan fingerprint density at radius 2 is 2.06 bits per heavy atom. The van der Waals surface area contributed by atoms with E-state index >= 15 is 0 Å². The maximum absolute atomic E-state index is 9.19. The van der Waals surface area contributed by atoms with Gasteiger partial charge in [0.25, 0.3) is 0 Å². The molecule has 1 fully saturated rings. The number of aliphatic hydroxyl groups excluding tert-OH is 1. The molecular formula is C13H28N2O2. The van der Waals surface area contributed by atoms with Crippen LogP contribution in [0.5, 0.6) is 0 Å². The molecule has 0 aliphatic carbocycles. The third-order valence-corrected chi connectivity index (χ3v) is 3.63. The Morgan fingerprint density at radius 1 is 1.47 bits per heavy atom. The lowest BCUT2D eigenvalue weighted by Gasteiger charge is -2.38. The van der Waals surface area contributed by atoms with E-state index in [1.54, 1.807) is 0 Å². The molecule has 2 atom stereocenters. The molecular weight excluding hydrogens is 216 g/mol. The number of likely N-dealkylation sites (tertiary alicyclic amines) is 1. The van der Waals surface area contributed by atoms with Crippen LogP contribution >= 0.6 is 0 Å². The van der Waals surface area contributed by atoms with Crippen LogP contribution in [0, 0.1) is 0 Å². The first-order valence-corrected chi connectivity index (χ1v) is 6.74. The number of aliphatic hydroxyl groups is 1. The molecule has 102 valence electrons. The van der Waals surface area contributed by atoms with Crippen molar-refractivity contribution in [2.24, 2.45) is 5.73 Å². The summed E-state index contributed by atoms with van der Waals surface area (Å²) in [5, 5.41) is 9.19. The van der Waals surface area contributed by atoms with Gasteiger partial charge in [0.05, 0.1) is 12.7 Å². The quantitative estimate of drug-likeness (QED) is 0.731. The lowest BCUT2D eigenvalue weighted by molar-refractivity contribution is 0.00176. The van der Waals surface area contributed by atoms with Gasteiger partial charge in [-0.1, -0.05) is 0 Å². The van der Waals surface area contributed by atoms with Crippen LogP contribution in [0.1, 0.15) is 40.0 Å². The standard InChI is InChI=1S/C13H28N2O2/c1-4-17-12-5-7-15(8-6-12)11(2)9-13(3,14)10-16/h11-12,16H,4-10,14H2,1-3H3. The van der Waals surface area contributed by atoms with E-state index in [1.165, 1.54) is 0 Å². The Bertz CT molecular complexity index is 213. The molecule has 0 amide bonds. The fourth-order valence-electron chi connectivity index (χ4n) is 2.59. The van der Waals surface area contributed by atoms with Crippen LogP contribution in [0.4, 0.5) is 0 Å². The molecule has 0 saturated carbocycles. The summed E-state index contributed by atoms with van der Waals surface area (Å²) in [5.41, 5.74) is 5.54. The molecule has 17 heavy (non-hydrogen) atoms. The van der Waals surface area contributed by atoms with Crippen molar-refractivity contribution in [3.05, 3.63) is 0 Å². The van der Waals surface area contributed by atoms with Crippen LogP contribution in [-0.4, -0.2) is 54.0 Å². The summed E-state index contributed by atoms with van der Waals surface area (Å²) in [6.45, 7) is 9.17. The van der Waals surface area contributed by atoms with Gasteiger partial charge in [-0.05, 0) is 40.0 Å². The van der Waals surface area contributed by atoms with E-state index in [-0.39, 0.29) is 6.61 Å². The van der Waals surface area contributed by atoms with Gasteiger partial charge in [-0.15, -0.1) is 0 Å². The fourth-order valence-corrected chi connectivity index (χ4v) is 2.59. The van der Waals surface area contributed by atoms with Gasteiger partial charge in [-0.2, -0.15) is 0 Å². The Balaban J connectivity index is 2.33. The highest BCUT2D eigenvalue weighted by Gasteiger charge is 2.27.